The number of carbonyl (C=O) groups excluding carboxylic acids is 1. The fourth-order valence-corrected chi connectivity index (χ4v) is 5.19. The van der Waals surface area contributed by atoms with Gasteiger partial charge < -0.3 is 9.88 Å². The van der Waals surface area contributed by atoms with Crippen LogP contribution in [0, 0.1) is 5.82 Å². The Morgan fingerprint density at radius 2 is 1.86 bits per heavy atom. The maximum Gasteiger partial charge on any atom is 0.274 e. The highest BCUT2D eigenvalue weighted by atomic mass is 19.3. The highest BCUT2D eigenvalue weighted by molar-refractivity contribution is 6.04. The molecule has 0 spiro atoms. The van der Waals surface area contributed by atoms with Gasteiger partial charge in [-0.3, -0.25) is 9.20 Å². The molecule has 1 amide bonds. The maximum absolute atomic E-state index is 13.6. The number of alkyl halides is 2. The summed E-state index contributed by atoms with van der Waals surface area (Å²) in [5, 5.41) is 3.05. The number of rotatable bonds is 6. The molecule has 0 atom stereocenters. The van der Waals surface area contributed by atoms with Crippen LogP contribution in [0.5, 0.6) is 0 Å². The van der Waals surface area contributed by atoms with Gasteiger partial charge in [0.15, 0.2) is 0 Å². The molecule has 3 fully saturated rings. The van der Waals surface area contributed by atoms with E-state index in [9.17, 15) is 18.0 Å². The van der Waals surface area contributed by atoms with E-state index >= 15 is 0 Å². The van der Waals surface area contributed by atoms with E-state index in [1.807, 2.05) is 24.4 Å². The number of halogens is 3. The minimum Gasteiger partial charge on any atom is -0.328 e. The number of aromatic nitrogens is 4. The van der Waals surface area contributed by atoms with E-state index in [4.69, 9.17) is 4.98 Å². The number of hydrogen-bond acceptors (Lipinski definition) is 3. The molecular formula is C27H24F3N5O. The van der Waals surface area contributed by atoms with Gasteiger partial charge >= 0.3 is 0 Å². The van der Waals surface area contributed by atoms with Crippen molar-refractivity contribution in [3.05, 3.63) is 71.7 Å². The number of amides is 1. The van der Waals surface area contributed by atoms with E-state index in [1.165, 1.54) is 24.5 Å². The Morgan fingerprint density at radius 1 is 1.06 bits per heavy atom. The van der Waals surface area contributed by atoms with Crippen LogP contribution in [-0.2, 0) is 0 Å². The molecule has 3 saturated carbocycles. The van der Waals surface area contributed by atoms with Gasteiger partial charge in [-0.1, -0.05) is 12.1 Å². The van der Waals surface area contributed by atoms with Gasteiger partial charge in [-0.05, 0) is 49.3 Å². The molecule has 0 bridgehead atoms. The number of anilines is 1. The molecule has 0 saturated heterocycles. The monoisotopic (exact) mass is 491 g/mol. The molecule has 0 unspecified atom stereocenters. The summed E-state index contributed by atoms with van der Waals surface area (Å²) in [6.45, 7) is 0. The number of fused-ring (bicyclic) bond motifs is 1. The van der Waals surface area contributed by atoms with Crippen LogP contribution in [0.2, 0.25) is 0 Å². The predicted octanol–water partition coefficient (Wildman–Crippen LogP) is 6.31. The van der Waals surface area contributed by atoms with Gasteiger partial charge in [0.05, 0.1) is 11.9 Å². The highest BCUT2D eigenvalue weighted by Crippen LogP contribution is 2.50. The molecule has 0 radical (unpaired) electrons. The average molecular weight is 492 g/mol. The molecule has 4 aromatic rings. The van der Waals surface area contributed by atoms with E-state index in [2.05, 4.69) is 14.9 Å². The Balaban J connectivity index is 1.24. The van der Waals surface area contributed by atoms with Crippen LogP contribution in [0.1, 0.15) is 78.1 Å². The number of carbonyl (C=O) groups is 1. The molecule has 3 heterocycles. The first-order valence-electron chi connectivity index (χ1n) is 12.4. The average Bonchev–Trinajstić information content (AvgIpc) is 3.76. The first-order valence-corrected chi connectivity index (χ1v) is 12.4. The molecule has 3 aliphatic carbocycles. The summed E-state index contributed by atoms with van der Waals surface area (Å²) < 4.78 is 44.2. The summed E-state index contributed by atoms with van der Waals surface area (Å²) in [5.74, 6) is -2.42. The van der Waals surface area contributed by atoms with Crippen molar-refractivity contribution in [1.82, 2.24) is 18.9 Å². The highest BCUT2D eigenvalue weighted by Gasteiger charge is 2.47. The van der Waals surface area contributed by atoms with Crippen molar-refractivity contribution in [3.8, 4) is 11.4 Å². The van der Waals surface area contributed by atoms with Crippen LogP contribution >= 0.6 is 0 Å². The standard InChI is InChI=1S/C27H24F3N5O/c28-18-7-8-34-23(13-31-24(34)10-18)26(36)33-21-9-16(3-6-20(21)15-1-2-15)25-32-22(14-35(25)19-4-5-19)17-11-27(29,30)12-17/h3,6-10,13-15,17,19H,1-2,4-5,11-12H2,(H,33,36). The Labute approximate surface area is 205 Å². The Kier molecular flexibility index (Phi) is 4.62. The number of imidazole rings is 2. The first kappa shape index (κ1) is 21.6. The van der Waals surface area contributed by atoms with Crippen molar-refractivity contribution in [3.63, 3.8) is 0 Å². The lowest BCUT2D eigenvalue weighted by Crippen LogP contribution is -2.33. The number of hydrogen-bond donors (Lipinski definition) is 1. The third kappa shape index (κ3) is 3.77. The first-order chi connectivity index (χ1) is 17.3. The third-order valence-electron chi connectivity index (χ3n) is 7.48. The lowest BCUT2D eigenvalue weighted by molar-refractivity contribution is -0.0875. The summed E-state index contributed by atoms with van der Waals surface area (Å²) in [7, 11) is 0. The molecule has 6 nitrogen and oxygen atoms in total. The molecule has 36 heavy (non-hydrogen) atoms. The Hall–Kier alpha value is -3.62. The zero-order valence-electron chi connectivity index (χ0n) is 19.4. The lowest BCUT2D eigenvalue weighted by atomic mass is 9.79. The van der Waals surface area contributed by atoms with Crippen LogP contribution in [0.15, 0.2) is 48.9 Å². The van der Waals surface area contributed by atoms with Gasteiger partial charge in [0.1, 0.15) is 23.0 Å². The van der Waals surface area contributed by atoms with Crippen molar-refractivity contribution in [1.29, 1.82) is 0 Å². The normalized spacial score (nSPS) is 19.4. The van der Waals surface area contributed by atoms with Crippen LogP contribution in [0.3, 0.4) is 0 Å². The fraction of sp³-hybridized carbons (Fsp3) is 0.370. The van der Waals surface area contributed by atoms with Gasteiger partial charge in [0.2, 0.25) is 5.92 Å². The molecule has 184 valence electrons. The van der Waals surface area contributed by atoms with E-state index in [0.717, 1.165) is 48.3 Å². The van der Waals surface area contributed by atoms with E-state index in [-0.39, 0.29) is 24.7 Å². The van der Waals surface area contributed by atoms with Gasteiger partial charge in [0, 0.05) is 54.5 Å². The molecule has 0 aliphatic heterocycles. The van der Waals surface area contributed by atoms with Gasteiger partial charge in [-0.2, -0.15) is 0 Å². The SMILES string of the molecule is O=C(Nc1cc(-c2nc(C3CC(F)(F)C3)cn2C2CC2)ccc1C1CC1)c1cnc2cc(F)ccn12. The van der Waals surface area contributed by atoms with E-state index in [1.54, 1.807) is 4.40 Å². The van der Waals surface area contributed by atoms with Crippen molar-refractivity contribution >= 4 is 17.2 Å². The molecule has 3 aromatic heterocycles. The number of benzene rings is 1. The summed E-state index contributed by atoms with van der Waals surface area (Å²) in [6, 6.07) is 8.89. The molecular weight excluding hydrogens is 467 g/mol. The molecule has 9 heteroatoms. The second-order valence-corrected chi connectivity index (χ2v) is 10.3. The van der Waals surface area contributed by atoms with Crippen LogP contribution in [0.4, 0.5) is 18.9 Å². The van der Waals surface area contributed by atoms with Crippen molar-refractivity contribution in [2.45, 2.75) is 62.3 Å². The molecule has 1 N–H and O–H groups in total. The zero-order chi connectivity index (χ0) is 24.6. The quantitative estimate of drug-likeness (QED) is 0.344. The molecule has 3 aliphatic rings. The summed E-state index contributed by atoms with van der Waals surface area (Å²) >= 11 is 0. The van der Waals surface area contributed by atoms with E-state index in [0.29, 0.717) is 29.0 Å². The van der Waals surface area contributed by atoms with Crippen LogP contribution < -0.4 is 5.32 Å². The predicted molar refractivity (Wildman–Crippen MR) is 128 cm³/mol. The number of nitrogens with one attached hydrogen (secondary N) is 1. The van der Waals surface area contributed by atoms with Gasteiger partial charge in [-0.15, -0.1) is 0 Å². The van der Waals surface area contributed by atoms with Crippen LogP contribution in [0.25, 0.3) is 17.0 Å². The summed E-state index contributed by atoms with van der Waals surface area (Å²) in [6.07, 6.45) is 8.77. The largest absolute Gasteiger partial charge is 0.328 e. The second-order valence-electron chi connectivity index (χ2n) is 10.3. The topological polar surface area (TPSA) is 64.2 Å². The van der Waals surface area contributed by atoms with Crippen molar-refractivity contribution in [2.75, 3.05) is 5.32 Å². The molecule has 1 aromatic carbocycles. The minimum absolute atomic E-state index is 0.154. The Bertz CT molecular complexity index is 1510. The van der Waals surface area contributed by atoms with Crippen molar-refractivity contribution < 1.29 is 18.0 Å². The van der Waals surface area contributed by atoms with Crippen molar-refractivity contribution in [2.24, 2.45) is 0 Å². The minimum atomic E-state index is -2.60. The number of pyridine rings is 1. The zero-order valence-corrected chi connectivity index (χ0v) is 19.4. The lowest BCUT2D eigenvalue weighted by Gasteiger charge is -2.33. The van der Waals surface area contributed by atoms with Crippen LogP contribution in [-0.4, -0.2) is 30.8 Å². The smallest absolute Gasteiger partial charge is 0.274 e. The van der Waals surface area contributed by atoms with E-state index < -0.39 is 11.7 Å². The molecule has 7 rings (SSSR count). The fourth-order valence-electron chi connectivity index (χ4n) is 5.19. The van der Waals surface area contributed by atoms with Gasteiger partial charge in [0.25, 0.3) is 5.91 Å². The summed E-state index contributed by atoms with van der Waals surface area (Å²) in [4.78, 5) is 22.2. The Morgan fingerprint density at radius 3 is 2.58 bits per heavy atom. The summed E-state index contributed by atoms with van der Waals surface area (Å²) in [5.41, 5.74) is 4.01. The maximum atomic E-state index is 13.6. The van der Waals surface area contributed by atoms with Gasteiger partial charge in [-0.25, -0.2) is 23.1 Å². The third-order valence-corrected chi connectivity index (χ3v) is 7.48. The number of nitrogens with zero attached hydrogens (tertiary/aromatic N) is 4. The second kappa shape index (κ2) is 7.69.